The smallest absolute Gasteiger partial charge is 0.154 e. The maximum atomic E-state index is 5.61. The predicted molar refractivity (Wildman–Crippen MR) is 64.0 cm³/mol. The van der Waals surface area contributed by atoms with Crippen LogP contribution in [0.15, 0.2) is 29.4 Å². The van der Waals surface area contributed by atoms with Crippen molar-refractivity contribution in [2.45, 2.75) is 13.0 Å². The molecule has 0 spiro atoms. The molecule has 1 aliphatic heterocycles. The number of benzene rings is 1. The second-order valence-electron chi connectivity index (χ2n) is 3.48. The van der Waals surface area contributed by atoms with Crippen LogP contribution in [0.25, 0.3) is 6.08 Å². The van der Waals surface area contributed by atoms with Gasteiger partial charge in [-0.15, -0.1) is 0 Å². The molecule has 1 unspecified atom stereocenters. The van der Waals surface area contributed by atoms with Crippen molar-refractivity contribution in [2.75, 3.05) is 12.9 Å². The van der Waals surface area contributed by atoms with E-state index in [9.17, 15) is 0 Å². The van der Waals surface area contributed by atoms with E-state index >= 15 is 0 Å². The third kappa shape index (κ3) is 2.69. The molecule has 3 heteroatoms. The van der Waals surface area contributed by atoms with E-state index in [1.165, 1.54) is 0 Å². The molecule has 0 amide bonds. The van der Waals surface area contributed by atoms with Gasteiger partial charge in [0.1, 0.15) is 11.9 Å². The van der Waals surface area contributed by atoms with E-state index in [0.717, 1.165) is 22.2 Å². The summed E-state index contributed by atoms with van der Waals surface area (Å²) < 4.78 is 10.7. The molecule has 0 aromatic heterocycles. The summed E-state index contributed by atoms with van der Waals surface area (Å²) in [5.74, 6) is 1.92. The van der Waals surface area contributed by atoms with Gasteiger partial charge in [0.05, 0.1) is 7.11 Å². The normalized spacial score (nSPS) is 22.8. The summed E-state index contributed by atoms with van der Waals surface area (Å²) in [5.41, 5.74) is 1.15. The average molecular weight is 222 g/mol. The van der Waals surface area contributed by atoms with Crippen LogP contribution >= 0.6 is 11.8 Å². The zero-order valence-electron chi connectivity index (χ0n) is 8.90. The van der Waals surface area contributed by atoms with E-state index in [0.29, 0.717) is 6.10 Å². The molecule has 15 heavy (non-hydrogen) atoms. The Morgan fingerprint density at radius 2 is 2.13 bits per heavy atom. The highest BCUT2D eigenvalue weighted by Gasteiger charge is 2.16. The molecule has 1 saturated heterocycles. The molecule has 1 heterocycles. The summed E-state index contributed by atoms with van der Waals surface area (Å²) in [6.45, 7) is 2.09. The molecular weight excluding hydrogens is 208 g/mol. The maximum absolute atomic E-state index is 5.61. The van der Waals surface area contributed by atoms with Gasteiger partial charge < -0.3 is 9.47 Å². The zero-order chi connectivity index (χ0) is 10.7. The van der Waals surface area contributed by atoms with Crippen LogP contribution < -0.4 is 4.74 Å². The van der Waals surface area contributed by atoms with Crippen LogP contribution in [0.1, 0.15) is 12.5 Å². The van der Waals surface area contributed by atoms with E-state index in [4.69, 9.17) is 9.47 Å². The van der Waals surface area contributed by atoms with Gasteiger partial charge in [0.15, 0.2) is 5.09 Å². The summed E-state index contributed by atoms with van der Waals surface area (Å²) in [5, 5.41) is 1.01. The van der Waals surface area contributed by atoms with Crippen molar-refractivity contribution < 1.29 is 9.47 Å². The minimum atomic E-state index is 0.333. The molecule has 2 rings (SSSR count). The Bertz CT molecular complexity index is 356. The van der Waals surface area contributed by atoms with Gasteiger partial charge in [-0.05, 0) is 30.7 Å². The SMILES string of the molecule is COc1ccc(C=C2OC(C)CS2)cc1. The highest BCUT2D eigenvalue weighted by atomic mass is 32.2. The Balaban J connectivity index is 2.10. The van der Waals surface area contributed by atoms with Crippen LogP contribution in [0.4, 0.5) is 0 Å². The number of thioether (sulfide) groups is 1. The van der Waals surface area contributed by atoms with Gasteiger partial charge in [-0.1, -0.05) is 23.9 Å². The highest BCUT2D eigenvalue weighted by molar-refractivity contribution is 8.03. The molecule has 1 atom stereocenters. The van der Waals surface area contributed by atoms with Crippen LogP contribution in [0.5, 0.6) is 5.75 Å². The standard InChI is InChI=1S/C12H14O2S/c1-9-8-15-12(14-9)7-10-3-5-11(13-2)6-4-10/h3-7,9H,8H2,1-2H3. The fraction of sp³-hybridized carbons (Fsp3) is 0.333. The Morgan fingerprint density at radius 1 is 1.40 bits per heavy atom. The summed E-state index contributed by atoms with van der Waals surface area (Å²) in [6, 6.07) is 7.96. The number of methoxy groups -OCH3 is 1. The molecule has 80 valence electrons. The molecule has 1 fully saturated rings. The van der Waals surface area contributed by atoms with Crippen molar-refractivity contribution in [3.63, 3.8) is 0 Å². The molecule has 0 bridgehead atoms. The quantitative estimate of drug-likeness (QED) is 0.766. The molecule has 0 saturated carbocycles. The van der Waals surface area contributed by atoms with Gasteiger partial charge in [-0.25, -0.2) is 0 Å². The minimum Gasteiger partial charge on any atom is -0.497 e. The Kier molecular flexibility index (Phi) is 3.21. The molecule has 1 aromatic rings. The fourth-order valence-electron chi connectivity index (χ4n) is 1.38. The van der Waals surface area contributed by atoms with Crippen LogP contribution in [0.2, 0.25) is 0 Å². The monoisotopic (exact) mass is 222 g/mol. The van der Waals surface area contributed by atoms with Gasteiger partial charge in [0, 0.05) is 5.75 Å². The number of hydrogen-bond donors (Lipinski definition) is 0. The summed E-state index contributed by atoms with van der Waals surface area (Å²) in [6.07, 6.45) is 2.40. The lowest BCUT2D eigenvalue weighted by atomic mass is 10.2. The maximum Gasteiger partial charge on any atom is 0.154 e. The van der Waals surface area contributed by atoms with Crippen molar-refractivity contribution in [2.24, 2.45) is 0 Å². The summed E-state index contributed by atoms with van der Waals surface area (Å²) in [7, 11) is 1.67. The molecule has 0 N–H and O–H groups in total. The van der Waals surface area contributed by atoms with E-state index in [2.05, 4.69) is 13.0 Å². The van der Waals surface area contributed by atoms with E-state index in [1.54, 1.807) is 18.9 Å². The minimum absolute atomic E-state index is 0.333. The summed E-state index contributed by atoms with van der Waals surface area (Å²) >= 11 is 1.76. The lowest BCUT2D eigenvalue weighted by Gasteiger charge is -2.02. The number of hydrogen-bond acceptors (Lipinski definition) is 3. The van der Waals surface area contributed by atoms with Crippen LogP contribution in [-0.4, -0.2) is 19.0 Å². The first-order valence-electron chi connectivity index (χ1n) is 4.93. The lowest BCUT2D eigenvalue weighted by Crippen LogP contribution is -1.99. The van der Waals surface area contributed by atoms with Crippen LogP contribution in [-0.2, 0) is 4.74 Å². The van der Waals surface area contributed by atoms with E-state index in [-0.39, 0.29) is 0 Å². The third-order valence-electron chi connectivity index (χ3n) is 2.18. The molecule has 0 aliphatic carbocycles. The van der Waals surface area contributed by atoms with Crippen LogP contribution in [0.3, 0.4) is 0 Å². The first-order valence-corrected chi connectivity index (χ1v) is 5.91. The van der Waals surface area contributed by atoms with E-state index in [1.807, 2.05) is 24.3 Å². The zero-order valence-corrected chi connectivity index (χ0v) is 9.71. The Labute approximate surface area is 94.3 Å². The van der Waals surface area contributed by atoms with Gasteiger partial charge in [0.2, 0.25) is 0 Å². The Morgan fingerprint density at radius 3 is 2.67 bits per heavy atom. The molecular formula is C12H14O2S. The largest absolute Gasteiger partial charge is 0.497 e. The number of ether oxygens (including phenoxy) is 2. The molecule has 0 radical (unpaired) electrons. The lowest BCUT2D eigenvalue weighted by molar-refractivity contribution is 0.190. The molecule has 2 nitrogen and oxygen atoms in total. The first-order chi connectivity index (χ1) is 7.28. The first kappa shape index (κ1) is 10.4. The van der Waals surface area contributed by atoms with E-state index < -0.39 is 0 Å². The highest BCUT2D eigenvalue weighted by Crippen LogP contribution is 2.30. The van der Waals surface area contributed by atoms with Gasteiger partial charge in [-0.3, -0.25) is 0 Å². The van der Waals surface area contributed by atoms with Crippen molar-refractivity contribution in [3.8, 4) is 5.75 Å². The second kappa shape index (κ2) is 4.62. The topological polar surface area (TPSA) is 18.5 Å². The molecule has 1 aliphatic rings. The van der Waals surface area contributed by atoms with Gasteiger partial charge >= 0.3 is 0 Å². The number of rotatable bonds is 2. The molecule has 1 aromatic carbocycles. The summed E-state index contributed by atoms with van der Waals surface area (Å²) in [4.78, 5) is 0. The predicted octanol–water partition coefficient (Wildman–Crippen LogP) is 3.15. The van der Waals surface area contributed by atoms with Gasteiger partial charge in [0.25, 0.3) is 0 Å². The second-order valence-corrected chi connectivity index (χ2v) is 4.50. The van der Waals surface area contributed by atoms with Crippen molar-refractivity contribution in [1.82, 2.24) is 0 Å². The Hall–Kier alpha value is -1.09. The van der Waals surface area contributed by atoms with Crippen molar-refractivity contribution in [3.05, 3.63) is 34.9 Å². The average Bonchev–Trinajstić information content (AvgIpc) is 2.65. The fourth-order valence-corrected chi connectivity index (χ4v) is 2.30. The van der Waals surface area contributed by atoms with Crippen LogP contribution in [0, 0.1) is 0 Å². The van der Waals surface area contributed by atoms with Crippen molar-refractivity contribution >= 4 is 17.8 Å². The third-order valence-corrected chi connectivity index (χ3v) is 3.31. The van der Waals surface area contributed by atoms with Gasteiger partial charge in [-0.2, -0.15) is 0 Å². The van der Waals surface area contributed by atoms with Crippen molar-refractivity contribution in [1.29, 1.82) is 0 Å².